The van der Waals surface area contributed by atoms with E-state index in [1.165, 1.54) is 22.4 Å². The molecule has 3 atom stereocenters. The molecule has 5 nitrogen and oxygen atoms in total. The van der Waals surface area contributed by atoms with Gasteiger partial charge in [-0.1, -0.05) is 32.9 Å². The summed E-state index contributed by atoms with van der Waals surface area (Å²) in [5, 5.41) is 0. The number of aromatic nitrogens is 1. The van der Waals surface area contributed by atoms with Gasteiger partial charge in [0.25, 0.3) is 0 Å². The normalized spacial score (nSPS) is 24.8. The Morgan fingerprint density at radius 1 is 1.24 bits per heavy atom. The largest absolute Gasteiger partial charge is 0.497 e. The third kappa shape index (κ3) is 4.21. The minimum Gasteiger partial charge on any atom is -0.497 e. The van der Waals surface area contributed by atoms with E-state index < -0.39 is 0 Å². The first-order valence-electron chi connectivity index (χ1n) is 12.8. The molecule has 1 unspecified atom stereocenters. The van der Waals surface area contributed by atoms with Crippen LogP contribution in [0.4, 0.5) is 0 Å². The lowest BCUT2D eigenvalue weighted by Gasteiger charge is -2.55. The molecule has 1 aliphatic carbocycles. The van der Waals surface area contributed by atoms with Crippen molar-refractivity contribution in [3.05, 3.63) is 52.8 Å². The second-order valence-electron chi connectivity index (χ2n) is 9.95. The molecular formula is C28H41N3O2. The van der Waals surface area contributed by atoms with E-state index in [1.807, 2.05) is 6.07 Å². The highest BCUT2D eigenvalue weighted by Crippen LogP contribution is 2.51. The van der Waals surface area contributed by atoms with Gasteiger partial charge in [-0.05, 0) is 86.9 Å². The van der Waals surface area contributed by atoms with Crippen molar-refractivity contribution >= 4 is 5.91 Å². The number of rotatable bonds is 8. The molecule has 1 fully saturated rings. The highest BCUT2D eigenvalue weighted by Gasteiger charge is 2.54. The van der Waals surface area contributed by atoms with Crippen molar-refractivity contribution in [2.24, 2.45) is 5.92 Å². The molecule has 1 aliphatic heterocycles. The Hall–Kier alpha value is -2.27. The van der Waals surface area contributed by atoms with Crippen LogP contribution in [0.2, 0.25) is 0 Å². The minimum atomic E-state index is -0.0875. The number of likely N-dealkylation sites (tertiary alicyclic amines) is 1. The molecule has 0 spiro atoms. The zero-order valence-electron chi connectivity index (χ0n) is 21.1. The highest BCUT2D eigenvalue weighted by molar-refractivity contribution is 5.83. The van der Waals surface area contributed by atoms with Crippen LogP contribution in [0.1, 0.15) is 62.4 Å². The standard InChI is InChI=1S/C28H41N3O2/c1-6-13-31(14-7-2)27(32)26-24-17-23-20(4)19-29-25(23)18-28(24,12-15-30(26)8-3)21-10-9-11-22(16-21)33-5/h9-11,16,19,24,26,29H,6-8,12-15,17-18H2,1-5H3/t24?,26-,28-/m0/s1. The Morgan fingerprint density at radius 2 is 2.00 bits per heavy atom. The van der Waals surface area contributed by atoms with Gasteiger partial charge in [0, 0.05) is 30.4 Å². The van der Waals surface area contributed by atoms with Crippen LogP contribution in [0.15, 0.2) is 30.5 Å². The van der Waals surface area contributed by atoms with Crippen LogP contribution in [0.3, 0.4) is 0 Å². The van der Waals surface area contributed by atoms with Crippen molar-refractivity contribution in [3.8, 4) is 5.75 Å². The Kier molecular flexibility index (Phi) is 7.18. The first-order valence-corrected chi connectivity index (χ1v) is 12.8. The molecule has 33 heavy (non-hydrogen) atoms. The number of amides is 1. The van der Waals surface area contributed by atoms with Crippen LogP contribution >= 0.6 is 0 Å². The number of H-pyrrole nitrogens is 1. The maximum atomic E-state index is 14.2. The van der Waals surface area contributed by atoms with E-state index in [0.29, 0.717) is 5.91 Å². The molecular weight excluding hydrogens is 410 g/mol. The van der Waals surface area contributed by atoms with Crippen LogP contribution in [-0.4, -0.2) is 60.0 Å². The fourth-order valence-electron chi connectivity index (χ4n) is 6.47. The van der Waals surface area contributed by atoms with Crippen molar-refractivity contribution in [1.29, 1.82) is 0 Å². The van der Waals surface area contributed by atoms with E-state index in [2.05, 4.69) is 66.9 Å². The number of carbonyl (C=O) groups excluding carboxylic acids is 1. The number of piperidine rings is 1. The van der Waals surface area contributed by atoms with E-state index in [-0.39, 0.29) is 17.4 Å². The lowest BCUT2D eigenvalue weighted by Crippen LogP contribution is -2.64. The maximum Gasteiger partial charge on any atom is 0.240 e. The lowest BCUT2D eigenvalue weighted by atomic mass is 9.56. The number of benzene rings is 1. The summed E-state index contributed by atoms with van der Waals surface area (Å²) in [5.74, 6) is 1.46. The number of carbonyl (C=O) groups is 1. The van der Waals surface area contributed by atoms with Crippen LogP contribution in [0.5, 0.6) is 5.75 Å². The Bertz CT molecular complexity index is 962. The Labute approximate surface area is 199 Å². The smallest absolute Gasteiger partial charge is 0.240 e. The fourth-order valence-corrected chi connectivity index (χ4v) is 6.47. The molecule has 180 valence electrons. The van der Waals surface area contributed by atoms with Gasteiger partial charge < -0.3 is 14.6 Å². The number of aromatic amines is 1. The van der Waals surface area contributed by atoms with Gasteiger partial charge in [-0.2, -0.15) is 0 Å². The number of hydrogen-bond donors (Lipinski definition) is 1. The van der Waals surface area contributed by atoms with E-state index in [9.17, 15) is 4.79 Å². The molecule has 0 bridgehead atoms. The number of methoxy groups -OCH3 is 1. The summed E-state index contributed by atoms with van der Waals surface area (Å²) in [5.41, 5.74) is 5.34. The highest BCUT2D eigenvalue weighted by atomic mass is 16.5. The molecule has 0 saturated carbocycles. The average molecular weight is 452 g/mol. The van der Waals surface area contributed by atoms with Gasteiger partial charge in [0.05, 0.1) is 13.2 Å². The molecule has 4 rings (SSSR count). The summed E-state index contributed by atoms with van der Waals surface area (Å²) in [6, 6.07) is 8.52. The Morgan fingerprint density at radius 3 is 2.67 bits per heavy atom. The van der Waals surface area contributed by atoms with Crippen LogP contribution in [0, 0.1) is 12.8 Å². The monoisotopic (exact) mass is 451 g/mol. The zero-order chi connectivity index (χ0) is 23.6. The summed E-state index contributed by atoms with van der Waals surface area (Å²) in [7, 11) is 1.74. The molecule has 1 aromatic heterocycles. The number of fused-ring (bicyclic) bond motifs is 2. The molecule has 2 aliphatic rings. The van der Waals surface area contributed by atoms with Crippen molar-refractivity contribution in [2.75, 3.05) is 33.3 Å². The minimum absolute atomic E-state index is 0.0745. The predicted octanol–water partition coefficient (Wildman–Crippen LogP) is 4.73. The number of ether oxygens (including phenoxy) is 1. The zero-order valence-corrected chi connectivity index (χ0v) is 21.1. The second kappa shape index (κ2) is 9.92. The summed E-state index contributed by atoms with van der Waals surface area (Å²) < 4.78 is 5.62. The van der Waals surface area contributed by atoms with Crippen LogP contribution < -0.4 is 4.74 Å². The van der Waals surface area contributed by atoms with Crippen molar-refractivity contribution < 1.29 is 9.53 Å². The van der Waals surface area contributed by atoms with Crippen LogP contribution in [0.25, 0.3) is 0 Å². The lowest BCUT2D eigenvalue weighted by molar-refractivity contribution is -0.143. The maximum absolute atomic E-state index is 14.2. The summed E-state index contributed by atoms with van der Waals surface area (Å²) >= 11 is 0. The topological polar surface area (TPSA) is 48.6 Å². The predicted molar refractivity (Wildman–Crippen MR) is 134 cm³/mol. The average Bonchev–Trinajstić information content (AvgIpc) is 3.20. The van der Waals surface area contributed by atoms with E-state index >= 15 is 0 Å². The molecule has 2 aromatic rings. The summed E-state index contributed by atoms with van der Waals surface area (Å²) in [6.45, 7) is 12.3. The second-order valence-corrected chi connectivity index (χ2v) is 9.95. The molecule has 5 heteroatoms. The Balaban J connectivity index is 1.84. The number of hydrogen-bond acceptors (Lipinski definition) is 3. The van der Waals surface area contributed by atoms with E-state index in [4.69, 9.17) is 4.74 Å². The third-order valence-corrected chi connectivity index (χ3v) is 8.15. The number of nitrogens with zero attached hydrogens (tertiary/aromatic N) is 2. The van der Waals surface area contributed by atoms with Crippen LogP contribution in [-0.2, 0) is 23.1 Å². The van der Waals surface area contributed by atoms with E-state index in [1.54, 1.807) is 7.11 Å². The summed E-state index contributed by atoms with van der Waals surface area (Å²) in [4.78, 5) is 22.3. The fraction of sp³-hybridized carbons (Fsp3) is 0.607. The molecule has 1 aromatic carbocycles. The van der Waals surface area contributed by atoms with Gasteiger partial charge in [0.1, 0.15) is 5.75 Å². The molecule has 1 amide bonds. The van der Waals surface area contributed by atoms with Crippen molar-refractivity contribution in [3.63, 3.8) is 0 Å². The summed E-state index contributed by atoms with van der Waals surface area (Å²) in [6.07, 6.45) is 7.10. The van der Waals surface area contributed by atoms with Gasteiger partial charge >= 0.3 is 0 Å². The molecule has 1 N–H and O–H groups in total. The molecule has 1 saturated heterocycles. The van der Waals surface area contributed by atoms with Gasteiger partial charge in [0.2, 0.25) is 5.91 Å². The number of likely N-dealkylation sites (N-methyl/N-ethyl adjacent to an activating group) is 1. The quantitative estimate of drug-likeness (QED) is 0.631. The van der Waals surface area contributed by atoms with Gasteiger partial charge in [-0.25, -0.2) is 0 Å². The molecule has 2 heterocycles. The van der Waals surface area contributed by atoms with Crippen molar-refractivity contribution in [1.82, 2.24) is 14.8 Å². The first kappa shape index (κ1) is 23.9. The van der Waals surface area contributed by atoms with Gasteiger partial charge in [0.15, 0.2) is 0 Å². The van der Waals surface area contributed by atoms with Gasteiger partial charge in [-0.3, -0.25) is 9.69 Å². The number of aryl methyl sites for hydroxylation is 1. The first-order chi connectivity index (χ1) is 16.0. The number of nitrogens with one attached hydrogen (secondary N) is 1. The van der Waals surface area contributed by atoms with Gasteiger partial charge in [-0.15, -0.1) is 0 Å². The SMILES string of the molecule is CCCN(CCC)C(=O)[C@@H]1C2Cc3c(C)c[nH]c3C[C@]2(c2cccc(OC)c2)CCN1CC. The van der Waals surface area contributed by atoms with Crippen molar-refractivity contribution in [2.45, 2.75) is 71.3 Å². The third-order valence-electron chi connectivity index (χ3n) is 8.15. The van der Waals surface area contributed by atoms with E-state index in [0.717, 1.165) is 64.0 Å². The molecule has 0 radical (unpaired) electrons.